The van der Waals surface area contributed by atoms with Crippen LogP contribution in [0.2, 0.25) is 0 Å². The van der Waals surface area contributed by atoms with Crippen LogP contribution in [0, 0.1) is 5.92 Å². The Balaban J connectivity index is 1.33. The molecule has 2 atom stereocenters. The molecule has 0 bridgehead atoms. The summed E-state index contributed by atoms with van der Waals surface area (Å²) in [6, 6.07) is 10.6. The second-order valence-corrected chi connectivity index (χ2v) is 7.38. The lowest BCUT2D eigenvalue weighted by atomic mass is 9.95. The van der Waals surface area contributed by atoms with E-state index >= 15 is 0 Å². The van der Waals surface area contributed by atoms with E-state index in [9.17, 15) is 0 Å². The van der Waals surface area contributed by atoms with Crippen LogP contribution in [0.4, 0.5) is 0 Å². The van der Waals surface area contributed by atoms with E-state index in [1.54, 1.807) is 0 Å². The van der Waals surface area contributed by atoms with Gasteiger partial charge in [-0.15, -0.1) is 11.3 Å². The summed E-state index contributed by atoms with van der Waals surface area (Å²) in [5.74, 6) is 0.564. The molecule has 2 aromatic rings. The first-order valence-corrected chi connectivity index (χ1v) is 9.06. The largest absolute Gasteiger partial charge is 0.373 e. The number of aryl methyl sites for hydroxylation is 2. The van der Waals surface area contributed by atoms with Gasteiger partial charge in [0, 0.05) is 30.5 Å². The van der Waals surface area contributed by atoms with Gasteiger partial charge in [-0.25, -0.2) is 4.98 Å². The fourth-order valence-electron chi connectivity index (χ4n) is 3.54. The Morgan fingerprint density at radius 3 is 3.00 bits per heavy atom. The smallest absolute Gasteiger partial charge is 0.107 e. The number of nitrogens with one attached hydrogen (secondary N) is 1. The molecule has 1 saturated heterocycles. The first-order valence-electron chi connectivity index (χ1n) is 8.25. The summed E-state index contributed by atoms with van der Waals surface area (Å²) < 4.78 is 5.95. The average Bonchev–Trinajstić information content (AvgIpc) is 3.23. The van der Waals surface area contributed by atoms with Crippen LogP contribution in [0.15, 0.2) is 30.3 Å². The van der Waals surface area contributed by atoms with Crippen molar-refractivity contribution in [2.24, 2.45) is 5.92 Å². The summed E-state index contributed by atoms with van der Waals surface area (Å²) in [4.78, 5) is 6.27. The van der Waals surface area contributed by atoms with Crippen molar-refractivity contribution < 1.29 is 4.74 Å². The molecule has 1 aromatic heterocycles. The Morgan fingerprint density at radius 2 is 2.14 bits per heavy atom. The number of hydrogen-bond donors (Lipinski definition) is 1. The molecule has 3 nitrogen and oxygen atoms in total. The third-order valence-electron chi connectivity index (χ3n) is 4.67. The lowest BCUT2D eigenvalue weighted by molar-refractivity contribution is 0.0904. The van der Waals surface area contributed by atoms with Gasteiger partial charge in [0.1, 0.15) is 5.01 Å². The molecule has 1 aliphatic carbocycles. The van der Waals surface area contributed by atoms with E-state index in [1.807, 2.05) is 11.3 Å². The first-order chi connectivity index (χ1) is 10.9. The van der Waals surface area contributed by atoms with Crippen molar-refractivity contribution in [3.8, 4) is 0 Å². The fourth-order valence-corrected chi connectivity index (χ4v) is 4.66. The molecule has 116 valence electrons. The Hall–Kier alpha value is -1.23. The Morgan fingerprint density at radius 1 is 1.23 bits per heavy atom. The minimum atomic E-state index is 0.245. The maximum atomic E-state index is 5.95. The first kappa shape index (κ1) is 14.4. The maximum absolute atomic E-state index is 5.95. The van der Waals surface area contributed by atoms with Crippen molar-refractivity contribution in [2.75, 3.05) is 13.2 Å². The van der Waals surface area contributed by atoms with Crippen molar-refractivity contribution in [1.29, 1.82) is 0 Å². The van der Waals surface area contributed by atoms with Crippen molar-refractivity contribution in [3.05, 3.63) is 51.5 Å². The van der Waals surface area contributed by atoms with Crippen LogP contribution in [0.1, 0.15) is 40.1 Å². The molecule has 0 amide bonds. The number of rotatable bonds is 5. The highest BCUT2D eigenvalue weighted by Crippen LogP contribution is 2.34. The molecule has 0 radical (unpaired) electrons. The molecule has 4 rings (SSSR count). The third-order valence-corrected chi connectivity index (χ3v) is 5.82. The molecule has 0 unspecified atom stereocenters. The molecule has 1 aliphatic heterocycles. The number of nitrogens with zero attached hydrogens (tertiary/aromatic N) is 1. The van der Waals surface area contributed by atoms with Gasteiger partial charge in [-0.2, -0.15) is 0 Å². The van der Waals surface area contributed by atoms with Crippen LogP contribution in [-0.2, 0) is 24.1 Å². The van der Waals surface area contributed by atoms with Crippen LogP contribution in [-0.4, -0.2) is 18.1 Å². The third kappa shape index (κ3) is 2.96. The van der Waals surface area contributed by atoms with E-state index in [2.05, 4.69) is 35.6 Å². The van der Waals surface area contributed by atoms with E-state index in [1.165, 1.54) is 40.4 Å². The van der Waals surface area contributed by atoms with E-state index < -0.39 is 0 Å². The maximum Gasteiger partial charge on any atom is 0.107 e. The number of fused-ring (bicyclic) bond motifs is 1. The molecule has 0 spiro atoms. The summed E-state index contributed by atoms with van der Waals surface area (Å²) in [6.45, 7) is 2.77. The number of aromatic nitrogens is 1. The molecule has 2 heterocycles. The minimum absolute atomic E-state index is 0.245. The number of benzene rings is 1. The van der Waals surface area contributed by atoms with E-state index in [-0.39, 0.29) is 6.10 Å². The van der Waals surface area contributed by atoms with Crippen LogP contribution in [0.5, 0.6) is 0 Å². The highest BCUT2D eigenvalue weighted by Gasteiger charge is 2.29. The van der Waals surface area contributed by atoms with Gasteiger partial charge in [0.25, 0.3) is 0 Å². The number of thiazole rings is 1. The van der Waals surface area contributed by atoms with Crippen LogP contribution < -0.4 is 5.32 Å². The zero-order chi connectivity index (χ0) is 14.8. The van der Waals surface area contributed by atoms with Gasteiger partial charge < -0.3 is 10.1 Å². The zero-order valence-corrected chi connectivity index (χ0v) is 13.6. The molecule has 1 fully saturated rings. The molecule has 1 aromatic carbocycles. The Bertz CT molecular complexity index is 604. The molecular formula is C18H22N2OS. The fraction of sp³-hybridized carbons (Fsp3) is 0.500. The second-order valence-electron chi connectivity index (χ2n) is 6.21. The predicted molar refractivity (Wildman–Crippen MR) is 89.1 cm³/mol. The van der Waals surface area contributed by atoms with Crippen molar-refractivity contribution in [3.63, 3.8) is 0 Å². The normalized spacial score (nSPS) is 23.8. The minimum Gasteiger partial charge on any atom is -0.373 e. The summed E-state index contributed by atoms with van der Waals surface area (Å²) >= 11 is 1.90. The van der Waals surface area contributed by atoms with E-state index in [0.29, 0.717) is 5.92 Å². The van der Waals surface area contributed by atoms with Crippen LogP contribution in [0.25, 0.3) is 0 Å². The average molecular weight is 314 g/mol. The topological polar surface area (TPSA) is 34.1 Å². The van der Waals surface area contributed by atoms with Gasteiger partial charge >= 0.3 is 0 Å². The van der Waals surface area contributed by atoms with Gasteiger partial charge in [-0.1, -0.05) is 30.3 Å². The summed E-state index contributed by atoms with van der Waals surface area (Å²) in [5.41, 5.74) is 2.66. The van der Waals surface area contributed by atoms with Crippen molar-refractivity contribution in [2.45, 2.75) is 38.3 Å². The highest BCUT2D eigenvalue weighted by atomic mass is 32.1. The Labute approximate surface area is 135 Å². The predicted octanol–water partition coefficient (Wildman–Crippen LogP) is 3.50. The van der Waals surface area contributed by atoms with E-state index in [4.69, 9.17) is 9.72 Å². The summed E-state index contributed by atoms with van der Waals surface area (Å²) in [5, 5.41) is 4.85. The van der Waals surface area contributed by atoms with E-state index in [0.717, 1.165) is 26.1 Å². The molecule has 1 N–H and O–H groups in total. The SMILES string of the molecule is c1ccc([C@H]2OCC[C@@H]2CNCc2nc3c(s2)CCC3)cc1. The quantitative estimate of drug-likeness (QED) is 0.917. The van der Waals surface area contributed by atoms with Gasteiger partial charge in [0.2, 0.25) is 0 Å². The van der Waals surface area contributed by atoms with Crippen molar-refractivity contribution >= 4 is 11.3 Å². The summed E-state index contributed by atoms with van der Waals surface area (Å²) in [6.07, 6.45) is 5.09. The van der Waals surface area contributed by atoms with Crippen LogP contribution in [0.3, 0.4) is 0 Å². The monoisotopic (exact) mass is 314 g/mol. The summed E-state index contributed by atoms with van der Waals surface area (Å²) in [7, 11) is 0. The molecule has 4 heteroatoms. The van der Waals surface area contributed by atoms with Gasteiger partial charge in [-0.3, -0.25) is 0 Å². The lowest BCUT2D eigenvalue weighted by Gasteiger charge is -2.19. The van der Waals surface area contributed by atoms with Gasteiger partial charge in [0.05, 0.1) is 11.8 Å². The Kier molecular flexibility index (Phi) is 4.24. The highest BCUT2D eigenvalue weighted by molar-refractivity contribution is 7.11. The number of hydrogen-bond acceptors (Lipinski definition) is 4. The zero-order valence-electron chi connectivity index (χ0n) is 12.8. The standard InChI is InChI=1S/C18H22N2OS/c1-2-5-13(6-3-1)18-14(9-10-21-18)11-19-12-17-20-15-7-4-8-16(15)22-17/h1-3,5-6,14,18-19H,4,7-12H2/t14-,18-/m1/s1. The second kappa shape index (κ2) is 6.49. The number of ether oxygens (including phenoxy) is 1. The molecule has 0 saturated carbocycles. The lowest BCUT2D eigenvalue weighted by Crippen LogP contribution is -2.24. The van der Waals surface area contributed by atoms with Gasteiger partial charge in [0.15, 0.2) is 0 Å². The molecule has 2 aliphatic rings. The van der Waals surface area contributed by atoms with Crippen LogP contribution >= 0.6 is 11.3 Å². The molecular weight excluding hydrogens is 292 g/mol. The van der Waals surface area contributed by atoms with Gasteiger partial charge in [-0.05, 0) is 31.2 Å². The van der Waals surface area contributed by atoms with Crippen molar-refractivity contribution in [1.82, 2.24) is 10.3 Å². The molecule has 22 heavy (non-hydrogen) atoms.